The summed E-state index contributed by atoms with van der Waals surface area (Å²) in [7, 11) is 0. The van der Waals surface area contributed by atoms with Gasteiger partial charge in [-0.05, 0) is 144 Å². The molecule has 8 aromatic heterocycles. The molecule has 12 heteroatoms. The predicted molar refractivity (Wildman–Crippen MR) is 456 cm³/mol. The van der Waals surface area contributed by atoms with E-state index in [9.17, 15) is 0 Å². The van der Waals surface area contributed by atoms with Crippen molar-refractivity contribution in [1.82, 2.24) is 58.1 Å². The third-order valence-electron chi connectivity index (χ3n) is 21.2. The van der Waals surface area contributed by atoms with Crippen molar-refractivity contribution < 1.29 is 0 Å². The van der Waals surface area contributed by atoms with Crippen LogP contribution in [0.25, 0.3) is 201 Å². The van der Waals surface area contributed by atoms with E-state index in [1.54, 1.807) is 0 Å². The lowest BCUT2D eigenvalue weighted by atomic mass is 9.98. The van der Waals surface area contributed by atoms with Gasteiger partial charge in [-0.3, -0.25) is 9.13 Å². The van der Waals surface area contributed by atoms with E-state index in [4.69, 9.17) is 39.9 Å². The second-order valence-electron chi connectivity index (χ2n) is 27.8. The van der Waals surface area contributed by atoms with Crippen molar-refractivity contribution in [2.75, 3.05) is 0 Å². The maximum absolute atomic E-state index is 5.03. The van der Waals surface area contributed by atoms with Crippen molar-refractivity contribution in [3.8, 4) is 113 Å². The lowest BCUT2D eigenvalue weighted by Crippen LogP contribution is -2.01. The van der Waals surface area contributed by atoms with E-state index in [2.05, 4.69) is 249 Å². The molecule has 0 N–H and O–H groups in total. The largest absolute Gasteiger partial charge is 0.309 e. The summed E-state index contributed by atoms with van der Waals surface area (Å²) < 4.78 is 9.23. The van der Waals surface area contributed by atoms with Gasteiger partial charge in [0.25, 0.3) is 0 Å². The van der Waals surface area contributed by atoms with Crippen LogP contribution in [0.2, 0.25) is 0 Å². The van der Waals surface area contributed by atoms with Gasteiger partial charge in [0.2, 0.25) is 0 Å². The first-order chi connectivity index (χ1) is 55.6. The van der Waals surface area contributed by atoms with Crippen LogP contribution in [-0.4, -0.2) is 58.1 Å². The SMILES string of the molecule is c1ccc(-c2nc(-c3ccccc3)nc(-c3cccc(-n4c5ccccc5c5c(-c6ccc7c(c6)c6cccnc6n7-c6ccccc6)cccc54)c3)n2)cc1.c1ccc(-c2nc(-c3ccccc3)nc(-c3cccc(-n4c5ccccc5c5c(-c6ccc7c(c6)c6cccnc6n7-c6ccccc6)cccc54)c3)n2)cc1. The van der Waals surface area contributed by atoms with Gasteiger partial charge in [0.15, 0.2) is 34.9 Å². The van der Waals surface area contributed by atoms with Crippen molar-refractivity contribution in [3.63, 3.8) is 0 Å². The fourth-order valence-electron chi connectivity index (χ4n) is 16.2. The molecule has 14 aromatic carbocycles. The number of pyridine rings is 2. The molecule has 524 valence electrons. The molecule has 0 radical (unpaired) electrons. The monoisotopic (exact) mass is 1430 g/mol. The number of para-hydroxylation sites is 4. The van der Waals surface area contributed by atoms with Gasteiger partial charge in [0, 0.05) is 112 Å². The molecule has 0 bridgehead atoms. The number of hydrogen-bond donors (Lipinski definition) is 0. The van der Waals surface area contributed by atoms with Gasteiger partial charge >= 0.3 is 0 Å². The number of nitrogens with zero attached hydrogens (tertiary/aromatic N) is 12. The smallest absolute Gasteiger partial charge is 0.164 e. The molecular weight excluding hydrogens is 1370 g/mol. The number of benzene rings is 14. The molecule has 12 nitrogen and oxygen atoms in total. The quantitative estimate of drug-likeness (QED) is 0.119. The Balaban J connectivity index is 0.000000141. The minimum atomic E-state index is 0.624. The minimum absolute atomic E-state index is 0.624. The molecule has 0 saturated heterocycles. The fraction of sp³-hybridized carbons (Fsp3) is 0. The summed E-state index contributed by atoms with van der Waals surface area (Å²) in [5.74, 6) is 3.81. The Labute approximate surface area is 643 Å². The highest BCUT2D eigenvalue weighted by Gasteiger charge is 2.24. The van der Waals surface area contributed by atoms with Crippen LogP contribution in [-0.2, 0) is 0 Å². The first-order valence-electron chi connectivity index (χ1n) is 37.5. The first kappa shape index (κ1) is 64.9. The van der Waals surface area contributed by atoms with Crippen LogP contribution >= 0.6 is 0 Å². The van der Waals surface area contributed by atoms with Gasteiger partial charge in [-0.25, -0.2) is 39.9 Å². The number of aromatic nitrogens is 12. The summed E-state index contributed by atoms with van der Waals surface area (Å²) in [6.45, 7) is 0. The first-order valence-corrected chi connectivity index (χ1v) is 37.5. The van der Waals surface area contributed by atoms with Crippen molar-refractivity contribution in [3.05, 3.63) is 389 Å². The predicted octanol–water partition coefficient (Wildman–Crippen LogP) is 24.3. The fourth-order valence-corrected chi connectivity index (χ4v) is 16.2. The van der Waals surface area contributed by atoms with Gasteiger partial charge < -0.3 is 9.13 Å². The van der Waals surface area contributed by atoms with Crippen LogP contribution in [0, 0.1) is 0 Å². The molecule has 0 aliphatic carbocycles. The van der Waals surface area contributed by atoms with E-state index in [1.807, 2.05) is 158 Å². The molecule has 0 saturated carbocycles. The third-order valence-corrected chi connectivity index (χ3v) is 21.2. The van der Waals surface area contributed by atoms with Crippen molar-refractivity contribution in [2.45, 2.75) is 0 Å². The van der Waals surface area contributed by atoms with Gasteiger partial charge in [0.1, 0.15) is 11.3 Å². The van der Waals surface area contributed by atoms with Crippen molar-refractivity contribution in [1.29, 1.82) is 0 Å². The highest BCUT2D eigenvalue weighted by molar-refractivity contribution is 6.19. The normalized spacial score (nSPS) is 11.6. The molecule has 0 unspecified atom stereocenters. The average Bonchev–Trinajstić information content (AvgIpc) is 1.58. The molecule has 8 heterocycles. The van der Waals surface area contributed by atoms with Crippen molar-refractivity contribution in [2.24, 2.45) is 0 Å². The van der Waals surface area contributed by atoms with Crippen LogP contribution in [0.5, 0.6) is 0 Å². The van der Waals surface area contributed by atoms with E-state index in [-0.39, 0.29) is 0 Å². The molecule has 22 rings (SSSR count). The molecule has 0 fully saturated rings. The Morgan fingerprint density at radius 2 is 0.455 bits per heavy atom. The average molecular weight is 1430 g/mol. The molecule has 0 aliphatic heterocycles. The summed E-state index contributed by atoms with van der Waals surface area (Å²) in [6.07, 6.45) is 3.74. The van der Waals surface area contributed by atoms with Crippen molar-refractivity contribution >= 4 is 87.5 Å². The van der Waals surface area contributed by atoms with E-state index in [0.29, 0.717) is 34.9 Å². The molecule has 112 heavy (non-hydrogen) atoms. The van der Waals surface area contributed by atoms with E-state index in [1.165, 1.54) is 43.4 Å². The second kappa shape index (κ2) is 27.4. The van der Waals surface area contributed by atoms with Gasteiger partial charge in [0.05, 0.1) is 33.1 Å². The Kier molecular flexibility index (Phi) is 15.9. The lowest BCUT2D eigenvalue weighted by Gasteiger charge is -2.12. The Morgan fingerprint density at radius 3 is 0.830 bits per heavy atom. The highest BCUT2D eigenvalue weighted by Crippen LogP contribution is 2.45. The Bertz CT molecular complexity index is 6800. The van der Waals surface area contributed by atoms with Gasteiger partial charge in [-0.2, -0.15) is 0 Å². The Hall–Kier alpha value is -15.4. The van der Waals surface area contributed by atoms with Gasteiger partial charge in [-0.1, -0.05) is 255 Å². The molecule has 0 aliphatic rings. The molecular formula is C100H64N12. The molecule has 0 spiro atoms. The summed E-state index contributed by atoms with van der Waals surface area (Å²) in [5, 5.41) is 9.39. The maximum atomic E-state index is 5.03. The van der Waals surface area contributed by atoms with Crippen LogP contribution in [0.1, 0.15) is 0 Å². The number of fused-ring (bicyclic) bond motifs is 12. The molecule has 0 atom stereocenters. The zero-order valence-corrected chi connectivity index (χ0v) is 60.3. The van der Waals surface area contributed by atoms with Crippen LogP contribution < -0.4 is 0 Å². The summed E-state index contributed by atoms with van der Waals surface area (Å²) in [6, 6.07) is 131. The number of hydrogen-bond acceptors (Lipinski definition) is 8. The number of rotatable bonds is 12. The third kappa shape index (κ3) is 11.3. The van der Waals surface area contributed by atoms with Gasteiger partial charge in [-0.15, -0.1) is 0 Å². The zero-order valence-electron chi connectivity index (χ0n) is 60.3. The van der Waals surface area contributed by atoms with Crippen LogP contribution in [0.3, 0.4) is 0 Å². The van der Waals surface area contributed by atoms with E-state index >= 15 is 0 Å². The zero-order chi connectivity index (χ0) is 74.0. The standard InChI is InChI=1S/2C50H32N6/c2*1-4-15-33(16-5-1)47-52-48(34-17-6-2-7-18-34)54-49(53-47)36-19-12-22-38(31-36)55-43-26-11-10-23-41(43)46-39(24-13-27-45(46)55)35-28-29-44-42(32-35)40-25-14-30-51-50(40)56(44)37-20-8-3-9-21-37/h2*1-32H. The minimum Gasteiger partial charge on any atom is -0.309 e. The maximum Gasteiger partial charge on any atom is 0.164 e. The van der Waals surface area contributed by atoms with Crippen LogP contribution in [0.15, 0.2) is 389 Å². The van der Waals surface area contributed by atoms with Crippen LogP contribution in [0.4, 0.5) is 0 Å². The Morgan fingerprint density at radius 1 is 0.170 bits per heavy atom. The lowest BCUT2D eigenvalue weighted by molar-refractivity contribution is 1.07. The summed E-state index contributed by atoms with van der Waals surface area (Å²) in [5.41, 5.74) is 23.2. The molecule has 22 aromatic rings. The van der Waals surface area contributed by atoms with E-state index in [0.717, 1.165) is 122 Å². The second-order valence-corrected chi connectivity index (χ2v) is 27.8. The van der Waals surface area contributed by atoms with E-state index < -0.39 is 0 Å². The molecule has 0 amide bonds. The summed E-state index contributed by atoms with van der Waals surface area (Å²) in [4.78, 5) is 39.6. The highest BCUT2D eigenvalue weighted by atomic mass is 15.1. The topological polar surface area (TPSA) is 123 Å². The summed E-state index contributed by atoms with van der Waals surface area (Å²) >= 11 is 0.